The first kappa shape index (κ1) is 9.30. The SMILES string of the molecule is CCCC(CCC)c1cocn1. The number of aromatic nitrogens is 1. The van der Waals surface area contributed by atoms with Crippen molar-refractivity contribution in [1.82, 2.24) is 4.98 Å². The van der Waals surface area contributed by atoms with Gasteiger partial charge in [-0.15, -0.1) is 0 Å². The zero-order valence-electron chi connectivity index (χ0n) is 7.92. The molecule has 0 amide bonds. The van der Waals surface area contributed by atoms with E-state index in [4.69, 9.17) is 4.42 Å². The summed E-state index contributed by atoms with van der Waals surface area (Å²) in [5.74, 6) is 0.610. The molecule has 2 heteroatoms. The summed E-state index contributed by atoms with van der Waals surface area (Å²) in [4.78, 5) is 4.19. The highest BCUT2D eigenvalue weighted by atomic mass is 16.3. The highest BCUT2D eigenvalue weighted by molar-refractivity contribution is 5.00. The van der Waals surface area contributed by atoms with Gasteiger partial charge in [0.1, 0.15) is 6.26 Å². The molecule has 0 radical (unpaired) electrons. The molecule has 0 saturated heterocycles. The second-order valence-corrected chi connectivity index (χ2v) is 3.19. The van der Waals surface area contributed by atoms with Crippen LogP contribution in [0.2, 0.25) is 0 Å². The molecule has 0 aliphatic rings. The molecule has 0 spiro atoms. The Morgan fingerprint density at radius 2 is 2.00 bits per heavy atom. The van der Waals surface area contributed by atoms with Gasteiger partial charge in [-0.05, 0) is 12.8 Å². The van der Waals surface area contributed by atoms with Crippen molar-refractivity contribution >= 4 is 0 Å². The standard InChI is InChI=1S/C10H17NO/c1-3-5-9(6-4-2)10-7-12-8-11-10/h7-9H,3-6H2,1-2H3. The summed E-state index contributed by atoms with van der Waals surface area (Å²) in [6.07, 6.45) is 8.18. The molecule has 0 fully saturated rings. The van der Waals surface area contributed by atoms with Crippen molar-refractivity contribution in [2.24, 2.45) is 0 Å². The summed E-state index contributed by atoms with van der Waals surface area (Å²) in [5.41, 5.74) is 1.12. The van der Waals surface area contributed by atoms with E-state index in [2.05, 4.69) is 18.8 Å². The van der Waals surface area contributed by atoms with Crippen LogP contribution in [0.3, 0.4) is 0 Å². The van der Waals surface area contributed by atoms with Crippen LogP contribution in [0.15, 0.2) is 17.1 Å². The first-order valence-electron chi connectivity index (χ1n) is 4.76. The smallest absolute Gasteiger partial charge is 0.180 e. The fourth-order valence-electron chi connectivity index (χ4n) is 1.56. The van der Waals surface area contributed by atoms with E-state index >= 15 is 0 Å². The molecule has 0 bridgehead atoms. The largest absolute Gasteiger partial charge is 0.451 e. The second-order valence-electron chi connectivity index (χ2n) is 3.19. The third-order valence-electron chi connectivity index (χ3n) is 2.14. The summed E-state index contributed by atoms with van der Waals surface area (Å²) in [7, 11) is 0. The van der Waals surface area contributed by atoms with Crippen molar-refractivity contribution in [3.63, 3.8) is 0 Å². The van der Waals surface area contributed by atoms with Crippen LogP contribution in [-0.2, 0) is 0 Å². The Hall–Kier alpha value is -0.790. The summed E-state index contributed by atoms with van der Waals surface area (Å²) >= 11 is 0. The maximum Gasteiger partial charge on any atom is 0.180 e. The quantitative estimate of drug-likeness (QED) is 0.672. The van der Waals surface area contributed by atoms with Gasteiger partial charge in [0, 0.05) is 5.92 Å². The maximum atomic E-state index is 4.98. The van der Waals surface area contributed by atoms with Crippen molar-refractivity contribution in [3.05, 3.63) is 18.4 Å². The van der Waals surface area contributed by atoms with E-state index in [1.165, 1.54) is 32.1 Å². The molecular formula is C10H17NO. The van der Waals surface area contributed by atoms with Gasteiger partial charge in [-0.1, -0.05) is 26.7 Å². The van der Waals surface area contributed by atoms with Crippen molar-refractivity contribution < 1.29 is 4.42 Å². The Kier molecular flexibility index (Phi) is 3.85. The Bertz CT molecular complexity index is 188. The first-order valence-corrected chi connectivity index (χ1v) is 4.76. The maximum absolute atomic E-state index is 4.98. The van der Waals surface area contributed by atoms with Crippen LogP contribution in [0.4, 0.5) is 0 Å². The zero-order valence-corrected chi connectivity index (χ0v) is 7.92. The van der Waals surface area contributed by atoms with Gasteiger partial charge in [0.05, 0.1) is 5.69 Å². The summed E-state index contributed by atoms with van der Waals surface area (Å²) in [6.45, 7) is 4.42. The number of oxazole rings is 1. The van der Waals surface area contributed by atoms with E-state index in [9.17, 15) is 0 Å². The molecule has 0 aromatic carbocycles. The molecule has 0 N–H and O–H groups in total. The monoisotopic (exact) mass is 167 g/mol. The summed E-state index contributed by atoms with van der Waals surface area (Å²) in [6, 6.07) is 0. The molecule has 1 heterocycles. The van der Waals surface area contributed by atoms with Gasteiger partial charge in [-0.2, -0.15) is 0 Å². The second kappa shape index (κ2) is 4.96. The topological polar surface area (TPSA) is 26.0 Å². The van der Waals surface area contributed by atoms with Crippen molar-refractivity contribution in [1.29, 1.82) is 0 Å². The van der Waals surface area contributed by atoms with Gasteiger partial charge in [0.2, 0.25) is 0 Å². The minimum absolute atomic E-state index is 0.610. The normalized spacial score (nSPS) is 10.9. The minimum atomic E-state index is 0.610. The molecule has 0 saturated carbocycles. The highest BCUT2D eigenvalue weighted by Crippen LogP contribution is 2.24. The van der Waals surface area contributed by atoms with Crippen LogP contribution >= 0.6 is 0 Å². The van der Waals surface area contributed by atoms with Gasteiger partial charge < -0.3 is 4.42 Å². The molecule has 1 aromatic heterocycles. The molecule has 2 nitrogen and oxygen atoms in total. The van der Waals surface area contributed by atoms with Crippen molar-refractivity contribution in [2.75, 3.05) is 0 Å². The third-order valence-corrected chi connectivity index (χ3v) is 2.14. The molecule has 68 valence electrons. The number of hydrogen-bond acceptors (Lipinski definition) is 2. The zero-order chi connectivity index (χ0) is 8.81. The lowest BCUT2D eigenvalue weighted by Crippen LogP contribution is -1.97. The van der Waals surface area contributed by atoms with Crippen LogP contribution in [0.5, 0.6) is 0 Å². The van der Waals surface area contributed by atoms with E-state index < -0.39 is 0 Å². The Balaban J connectivity index is 2.53. The van der Waals surface area contributed by atoms with Crippen LogP contribution < -0.4 is 0 Å². The van der Waals surface area contributed by atoms with Crippen LogP contribution in [-0.4, -0.2) is 4.98 Å². The lowest BCUT2D eigenvalue weighted by Gasteiger charge is -2.10. The van der Waals surface area contributed by atoms with Gasteiger partial charge in [0.25, 0.3) is 0 Å². The average molecular weight is 167 g/mol. The molecule has 1 aromatic rings. The van der Waals surface area contributed by atoms with E-state index in [0.717, 1.165) is 5.69 Å². The van der Waals surface area contributed by atoms with Gasteiger partial charge in [-0.25, -0.2) is 4.98 Å². The first-order chi connectivity index (χ1) is 5.88. The molecule has 0 atom stereocenters. The van der Waals surface area contributed by atoms with E-state index in [1.54, 1.807) is 6.26 Å². The number of nitrogens with zero attached hydrogens (tertiary/aromatic N) is 1. The van der Waals surface area contributed by atoms with Gasteiger partial charge in [-0.3, -0.25) is 0 Å². The van der Waals surface area contributed by atoms with Crippen LogP contribution in [0.25, 0.3) is 0 Å². The summed E-state index contributed by atoms with van der Waals surface area (Å²) in [5, 5.41) is 0. The number of hydrogen-bond donors (Lipinski definition) is 0. The summed E-state index contributed by atoms with van der Waals surface area (Å²) < 4.78 is 4.98. The predicted molar refractivity (Wildman–Crippen MR) is 49.1 cm³/mol. The van der Waals surface area contributed by atoms with Crippen molar-refractivity contribution in [2.45, 2.75) is 45.4 Å². The Morgan fingerprint density at radius 1 is 1.33 bits per heavy atom. The fraction of sp³-hybridized carbons (Fsp3) is 0.700. The molecule has 0 aliphatic heterocycles. The van der Waals surface area contributed by atoms with E-state index in [1.807, 2.05) is 0 Å². The lowest BCUT2D eigenvalue weighted by molar-refractivity contribution is 0.532. The Labute approximate surface area is 74.0 Å². The van der Waals surface area contributed by atoms with Gasteiger partial charge in [0.15, 0.2) is 6.39 Å². The highest BCUT2D eigenvalue weighted by Gasteiger charge is 2.11. The third kappa shape index (κ3) is 2.36. The van der Waals surface area contributed by atoms with Crippen molar-refractivity contribution in [3.8, 4) is 0 Å². The fourth-order valence-corrected chi connectivity index (χ4v) is 1.56. The van der Waals surface area contributed by atoms with Crippen LogP contribution in [0, 0.1) is 0 Å². The lowest BCUT2D eigenvalue weighted by atomic mass is 9.96. The van der Waals surface area contributed by atoms with Crippen LogP contribution in [0.1, 0.15) is 51.1 Å². The molecule has 1 rings (SSSR count). The minimum Gasteiger partial charge on any atom is -0.451 e. The molecule has 0 aliphatic carbocycles. The molecular weight excluding hydrogens is 150 g/mol. The van der Waals surface area contributed by atoms with E-state index in [-0.39, 0.29) is 0 Å². The van der Waals surface area contributed by atoms with E-state index in [0.29, 0.717) is 5.92 Å². The predicted octanol–water partition coefficient (Wildman–Crippen LogP) is 3.36. The molecule has 12 heavy (non-hydrogen) atoms. The molecule has 0 unspecified atom stereocenters. The average Bonchev–Trinajstić information content (AvgIpc) is 2.56. The van der Waals surface area contributed by atoms with Gasteiger partial charge >= 0.3 is 0 Å². The number of rotatable bonds is 5. The Morgan fingerprint density at radius 3 is 2.42 bits per heavy atom.